The second-order valence-electron chi connectivity index (χ2n) is 4.48. The molecule has 2 heterocycles. The highest BCUT2D eigenvalue weighted by Gasteiger charge is 2.18. The predicted octanol–water partition coefficient (Wildman–Crippen LogP) is 2.21. The summed E-state index contributed by atoms with van der Waals surface area (Å²) in [7, 11) is 1.70. The number of benzene rings is 1. The van der Waals surface area contributed by atoms with Crippen molar-refractivity contribution in [2.45, 2.75) is 25.9 Å². The van der Waals surface area contributed by atoms with Crippen LogP contribution in [0.1, 0.15) is 18.2 Å². The molecule has 3 heteroatoms. The summed E-state index contributed by atoms with van der Waals surface area (Å²) in [5.41, 5.74) is 3.96. The van der Waals surface area contributed by atoms with Crippen LogP contribution in [0.2, 0.25) is 0 Å². The third kappa shape index (κ3) is 1.39. The summed E-state index contributed by atoms with van der Waals surface area (Å²) in [6.45, 7) is 3.18. The van der Waals surface area contributed by atoms with Crippen molar-refractivity contribution in [2.75, 3.05) is 7.11 Å². The highest BCUT2D eigenvalue weighted by molar-refractivity contribution is 5.86. The maximum atomic E-state index is 5.24. The molecule has 1 aromatic heterocycles. The summed E-state index contributed by atoms with van der Waals surface area (Å²) in [5.74, 6) is 0.909. The van der Waals surface area contributed by atoms with Crippen LogP contribution in [0, 0.1) is 0 Å². The Labute approximate surface area is 94.8 Å². The molecule has 0 radical (unpaired) electrons. The molecular weight excluding hydrogens is 200 g/mol. The van der Waals surface area contributed by atoms with Gasteiger partial charge in [-0.2, -0.15) is 0 Å². The van der Waals surface area contributed by atoms with E-state index in [-0.39, 0.29) is 0 Å². The number of nitrogens with one attached hydrogen (secondary N) is 2. The van der Waals surface area contributed by atoms with Crippen LogP contribution in [-0.4, -0.2) is 18.1 Å². The minimum Gasteiger partial charge on any atom is -0.497 e. The third-order valence-electron chi connectivity index (χ3n) is 3.34. The summed E-state index contributed by atoms with van der Waals surface area (Å²) < 4.78 is 5.24. The van der Waals surface area contributed by atoms with Crippen LogP contribution in [0.5, 0.6) is 5.75 Å². The van der Waals surface area contributed by atoms with Crippen LogP contribution < -0.4 is 10.1 Å². The van der Waals surface area contributed by atoms with Crippen LogP contribution in [-0.2, 0) is 13.0 Å². The van der Waals surface area contributed by atoms with Crippen LogP contribution in [0.25, 0.3) is 10.9 Å². The zero-order valence-corrected chi connectivity index (χ0v) is 9.63. The lowest BCUT2D eigenvalue weighted by Gasteiger charge is -2.20. The maximum absolute atomic E-state index is 5.24. The highest BCUT2D eigenvalue weighted by Crippen LogP contribution is 2.28. The molecule has 0 aliphatic carbocycles. The third-order valence-corrected chi connectivity index (χ3v) is 3.34. The number of aromatic nitrogens is 1. The Balaban J connectivity index is 2.16. The molecule has 3 nitrogen and oxygen atoms in total. The first-order valence-corrected chi connectivity index (χ1v) is 5.69. The fraction of sp³-hybridized carbons (Fsp3) is 0.385. The van der Waals surface area contributed by atoms with Crippen LogP contribution in [0.15, 0.2) is 18.2 Å². The van der Waals surface area contributed by atoms with Gasteiger partial charge in [-0.15, -0.1) is 0 Å². The van der Waals surface area contributed by atoms with E-state index in [0.717, 1.165) is 18.7 Å². The van der Waals surface area contributed by atoms with E-state index in [0.29, 0.717) is 6.04 Å². The van der Waals surface area contributed by atoms with Gasteiger partial charge in [0, 0.05) is 41.7 Å². The number of aromatic amines is 1. The first-order valence-electron chi connectivity index (χ1n) is 5.69. The molecule has 0 amide bonds. The van der Waals surface area contributed by atoms with Gasteiger partial charge in [-0.3, -0.25) is 0 Å². The Kier molecular flexibility index (Phi) is 2.14. The normalized spacial score (nSPS) is 19.8. The van der Waals surface area contributed by atoms with Crippen molar-refractivity contribution in [3.8, 4) is 5.75 Å². The quantitative estimate of drug-likeness (QED) is 0.767. The maximum Gasteiger partial charge on any atom is 0.120 e. The van der Waals surface area contributed by atoms with Crippen molar-refractivity contribution in [3.63, 3.8) is 0 Å². The molecule has 0 bridgehead atoms. The van der Waals surface area contributed by atoms with Gasteiger partial charge < -0.3 is 15.0 Å². The Morgan fingerprint density at radius 2 is 2.25 bits per heavy atom. The molecule has 1 atom stereocenters. The second kappa shape index (κ2) is 3.52. The Hall–Kier alpha value is -1.48. The topological polar surface area (TPSA) is 37.0 Å². The number of ether oxygens (including phenoxy) is 1. The van der Waals surface area contributed by atoms with E-state index in [4.69, 9.17) is 4.74 Å². The molecular formula is C13H16N2O. The molecule has 1 aliphatic rings. The molecule has 0 fully saturated rings. The van der Waals surface area contributed by atoms with Gasteiger partial charge in [-0.1, -0.05) is 0 Å². The Morgan fingerprint density at radius 3 is 3.06 bits per heavy atom. The zero-order valence-electron chi connectivity index (χ0n) is 9.63. The molecule has 2 aromatic rings. The zero-order chi connectivity index (χ0) is 11.1. The van der Waals surface area contributed by atoms with Crippen LogP contribution >= 0.6 is 0 Å². The second-order valence-corrected chi connectivity index (χ2v) is 4.48. The number of hydrogen-bond donors (Lipinski definition) is 2. The average Bonchev–Trinajstić information content (AvgIpc) is 2.64. The van der Waals surface area contributed by atoms with Gasteiger partial charge in [0.15, 0.2) is 0 Å². The lowest BCUT2D eigenvalue weighted by Crippen LogP contribution is -2.32. The highest BCUT2D eigenvalue weighted by atomic mass is 16.5. The van der Waals surface area contributed by atoms with E-state index < -0.39 is 0 Å². The molecule has 0 spiro atoms. The van der Waals surface area contributed by atoms with Crippen molar-refractivity contribution < 1.29 is 4.74 Å². The average molecular weight is 216 g/mol. The van der Waals surface area contributed by atoms with Gasteiger partial charge >= 0.3 is 0 Å². The lowest BCUT2D eigenvalue weighted by molar-refractivity contribution is 0.415. The molecule has 1 aliphatic heterocycles. The smallest absolute Gasteiger partial charge is 0.120 e. The van der Waals surface area contributed by atoms with E-state index in [9.17, 15) is 0 Å². The fourth-order valence-corrected chi connectivity index (χ4v) is 2.45. The molecule has 0 saturated heterocycles. The molecule has 16 heavy (non-hydrogen) atoms. The first kappa shape index (κ1) is 9.73. The SMILES string of the molecule is COc1ccc2c3c([nH]c2c1)CC(C)NC3. The van der Waals surface area contributed by atoms with E-state index in [1.807, 2.05) is 6.07 Å². The minimum atomic E-state index is 0.558. The molecule has 3 rings (SSSR count). The summed E-state index contributed by atoms with van der Waals surface area (Å²) in [5, 5.41) is 4.81. The standard InChI is InChI=1S/C13H16N2O/c1-8-5-12-11(7-14-8)10-4-3-9(16-2)6-13(10)15-12/h3-4,6,8,14-15H,5,7H2,1-2H3. The molecule has 1 aromatic carbocycles. The van der Waals surface area contributed by atoms with E-state index >= 15 is 0 Å². The number of H-pyrrole nitrogens is 1. The van der Waals surface area contributed by atoms with Gasteiger partial charge in [0.05, 0.1) is 7.11 Å². The van der Waals surface area contributed by atoms with Gasteiger partial charge in [0.25, 0.3) is 0 Å². The number of fused-ring (bicyclic) bond motifs is 3. The molecule has 84 valence electrons. The predicted molar refractivity (Wildman–Crippen MR) is 64.9 cm³/mol. The van der Waals surface area contributed by atoms with Crippen molar-refractivity contribution in [2.24, 2.45) is 0 Å². The van der Waals surface area contributed by atoms with E-state index in [1.54, 1.807) is 7.11 Å². The largest absolute Gasteiger partial charge is 0.497 e. The van der Waals surface area contributed by atoms with Gasteiger partial charge in [-0.05, 0) is 24.6 Å². The summed E-state index contributed by atoms with van der Waals surface area (Å²) in [4.78, 5) is 3.50. The lowest BCUT2D eigenvalue weighted by atomic mass is 10.0. The minimum absolute atomic E-state index is 0.558. The molecule has 0 saturated carbocycles. The summed E-state index contributed by atoms with van der Waals surface area (Å²) in [6, 6.07) is 6.79. The first-order chi connectivity index (χ1) is 7.78. The van der Waals surface area contributed by atoms with E-state index in [2.05, 4.69) is 29.4 Å². The van der Waals surface area contributed by atoms with Gasteiger partial charge in [0.2, 0.25) is 0 Å². The van der Waals surface area contributed by atoms with Crippen LogP contribution in [0.4, 0.5) is 0 Å². The number of methoxy groups -OCH3 is 1. The van der Waals surface area contributed by atoms with Crippen molar-refractivity contribution in [3.05, 3.63) is 29.5 Å². The summed E-state index contributed by atoms with van der Waals surface area (Å²) >= 11 is 0. The number of rotatable bonds is 1. The Morgan fingerprint density at radius 1 is 1.38 bits per heavy atom. The molecule has 2 N–H and O–H groups in total. The Bertz CT molecular complexity index is 530. The van der Waals surface area contributed by atoms with Crippen molar-refractivity contribution >= 4 is 10.9 Å². The van der Waals surface area contributed by atoms with Crippen molar-refractivity contribution in [1.29, 1.82) is 0 Å². The molecule has 1 unspecified atom stereocenters. The fourth-order valence-electron chi connectivity index (χ4n) is 2.45. The summed E-state index contributed by atoms with van der Waals surface area (Å²) in [6.07, 6.45) is 1.08. The van der Waals surface area contributed by atoms with Crippen LogP contribution in [0.3, 0.4) is 0 Å². The van der Waals surface area contributed by atoms with E-state index in [1.165, 1.54) is 22.2 Å². The van der Waals surface area contributed by atoms with Gasteiger partial charge in [-0.25, -0.2) is 0 Å². The number of hydrogen-bond acceptors (Lipinski definition) is 2. The monoisotopic (exact) mass is 216 g/mol. The van der Waals surface area contributed by atoms with Crippen molar-refractivity contribution in [1.82, 2.24) is 10.3 Å². The van der Waals surface area contributed by atoms with Gasteiger partial charge in [0.1, 0.15) is 5.75 Å².